The third kappa shape index (κ3) is 3.99. The van der Waals surface area contributed by atoms with E-state index in [0.717, 1.165) is 11.3 Å². The molecule has 3 N–H and O–H groups in total. The quantitative estimate of drug-likeness (QED) is 0.797. The van der Waals surface area contributed by atoms with Crippen molar-refractivity contribution in [2.75, 3.05) is 17.7 Å². The molecule has 0 spiro atoms. The molecule has 1 aromatic heterocycles. The monoisotopic (exact) mass is 271 g/mol. The lowest BCUT2D eigenvalue weighted by Gasteiger charge is -2.03. The van der Waals surface area contributed by atoms with Gasteiger partial charge in [0.15, 0.2) is 10.8 Å². The van der Waals surface area contributed by atoms with E-state index in [9.17, 15) is 9.59 Å². The van der Waals surface area contributed by atoms with Gasteiger partial charge in [0.05, 0.1) is 6.61 Å². The lowest BCUT2D eigenvalue weighted by atomic mass is 10.1. The van der Waals surface area contributed by atoms with Crippen LogP contribution in [-0.4, -0.2) is 23.5 Å². The summed E-state index contributed by atoms with van der Waals surface area (Å²) in [6.45, 7) is 5.84. The predicted molar refractivity (Wildman–Crippen MR) is 70.6 cm³/mol. The number of hydrogen-bond donors (Lipinski definition) is 2. The van der Waals surface area contributed by atoms with Gasteiger partial charge in [0, 0.05) is 6.42 Å². The number of nitrogen functional groups attached to an aromatic ring is 1. The summed E-state index contributed by atoms with van der Waals surface area (Å²) in [6.07, 6.45) is 0.397. The molecule has 0 unspecified atom stereocenters. The molecule has 1 heterocycles. The van der Waals surface area contributed by atoms with Gasteiger partial charge >= 0.3 is 5.97 Å². The van der Waals surface area contributed by atoms with Crippen LogP contribution in [0.2, 0.25) is 0 Å². The van der Waals surface area contributed by atoms with Crippen molar-refractivity contribution >= 4 is 33.3 Å². The van der Waals surface area contributed by atoms with Gasteiger partial charge in [-0.25, -0.2) is 9.78 Å². The zero-order chi connectivity index (χ0) is 13.7. The summed E-state index contributed by atoms with van der Waals surface area (Å²) in [5, 5.41) is 3.18. The van der Waals surface area contributed by atoms with Gasteiger partial charge in [0.2, 0.25) is 5.91 Å². The molecular formula is C11H17N3O3S. The zero-order valence-corrected chi connectivity index (χ0v) is 11.5. The van der Waals surface area contributed by atoms with Crippen LogP contribution >= 0.6 is 11.3 Å². The van der Waals surface area contributed by atoms with Crippen LogP contribution in [0.15, 0.2) is 0 Å². The number of nitrogens with zero attached hydrogens (tertiary/aromatic N) is 1. The van der Waals surface area contributed by atoms with Crippen molar-refractivity contribution in [2.24, 2.45) is 5.92 Å². The summed E-state index contributed by atoms with van der Waals surface area (Å²) >= 11 is 1.06. The summed E-state index contributed by atoms with van der Waals surface area (Å²) < 4.78 is 4.80. The Morgan fingerprint density at radius 1 is 1.50 bits per heavy atom. The van der Waals surface area contributed by atoms with E-state index < -0.39 is 5.97 Å². The molecule has 7 heteroatoms. The van der Waals surface area contributed by atoms with E-state index >= 15 is 0 Å². The smallest absolute Gasteiger partial charge is 0.360 e. The van der Waals surface area contributed by atoms with Crippen LogP contribution in [0.1, 0.15) is 37.7 Å². The number of rotatable bonds is 5. The molecule has 0 fully saturated rings. The van der Waals surface area contributed by atoms with Gasteiger partial charge in [-0.2, -0.15) is 0 Å². The average molecular weight is 271 g/mol. The molecule has 0 aliphatic heterocycles. The van der Waals surface area contributed by atoms with Crippen molar-refractivity contribution in [1.29, 1.82) is 0 Å². The first kappa shape index (κ1) is 14.4. The van der Waals surface area contributed by atoms with E-state index in [0.29, 0.717) is 11.6 Å². The number of hydrogen-bond acceptors (Lipinski definition) is 6. The third-order valence-corrected chi connectivity index (χ3v) is 2.76. The summed E-state index contributed by atoms with van der Waals surface area (Å²) in [5.74, 6) is -0.461. The lowest BCUT2D eigenvalue weighted by molar-refractivity contribution is -0.116. The van der Waals surface area contributed by atoms with Crippen LogP contribution in [0.5, 0.6) is 0 Å². The number of thiazole rings is 1. The maximum Gasteiger partial charge on any atom is 0.360 e. The van der Waals surface area contributed by atoms with E-state index in [1.165, 1.54) is 0 Å². The van der Waals surface area contributed by atoms with Crippen molar-refractivity contribution in [1.82, 2.24) is 4.98 Å². The Hall–Kier alpha value is -1.63. The van der Waals surface area contributed by atoms with Crippen molar-refractivity contribution in [3.8, 4) is 0 Å². The zero-order valence-electron chi connectivity index (χ0n) is 10.6. The van der Waals surface area contributed by atoms with Crippen LogP contribution in [-0.2, 0) is 9.53 Å². The number of nitrogens with two attached hydrogens (primary N) is 1. The largest absolute Gasteiger partial charge is 0.461 e. The number of carbonyl (C=O) groups is 2. The molecular weight excluding hydrogens is 254 g/mol. The predicted octanol–water partition coefficient (Wildman–Crippen LogP) is 1.89. The minimum absolute atomic E-state index is 0.0571. The molecule has 0 bridgehead atoms. The summed E-state index contributed by atoms with van der Waals surface area (Å²) in [6, 6.07) is 0. The summed E-state index contributed by atoms with van der Waals surface area (Å²) in [7, 11) is 0. The highest BCUT2D eigenvalue weighted by molar-refractivity contribution is 7.19. The number of aromatic nitrogens is 1. The maximum absolute atomic E-state index is 11.5. The molecule has 1 aromatic rings. The second kappa shape index (κ2) is 6.34. The lowest BCUT2D eigenvalue weighted by Crippen LogP contribution is -2.14. The fourth-order valence-corrected chi connectivity index (χ4v) is 2.01. The van der Waals surface area contributed by atoms with Gasteiger partial charge in [0.1, 0.15) is 5.00 Å². The minimum atomic E-state index is -0.574. The molecule has 0 aliphatic rings. The van der Waals surface area contributed by atoms with Crippen LogP contribution in [0.25, 0.3) is 0 Å². The van der Waals surface area contributed by atoms with E-state index in [-0.39, 0.29) is 29.1 Å². The van der Waals surface area contributed by atoms with E-state index in [1.807, 2.05) is 13.8 Å². The van der Waals surface area contributed by atoms with Crippen LogP contribution in [0.3, 0.4) is 0 Å². The van der Waals surface area contributed by atoms with Crippen molar-refractivity contribution in [2.45, 2.75) is 27.2 Å². The highest BCUT2D eigenvalue weighted by Gasteiger charge is 2.18. The maximum atomic E-state index is 11.5. The van der Waals surface area contributed by atoms with Gasteiger partial charge in [0.25, 0.3) is 0 Å². The van der Waals surface area contributed by atoms with Crippen LogP contribution in [0, 0.1) is 5.92 Å². The molecule has 0 saturated heterocycles. The topological polar surface area (TPSA) is 94.3 Å². The number of nitrogens with one attached hydrogen (secondary N) is 1. The van der Waals surface area contributed by atoms with Crippen molar-refractivity contribution in [3.05, 3.63) is 5.69 Å². The first-order valence-corrected chi connectivity index (χ1v) is 6.49. The van der Waals surface area contributed by atoms with E-state index in [2.05, 4.69) is 10.3 Å². The molecule has 100 valence electrons. The SMILES string of the molecule is CCOC(=O)c1nc(NC(=O)CC(C)C)sc1N. The molecule has 0 atom stereocenters. The second-order valence-electron chi connectivity index (χ2n) is 4.10. The third-order valence-electron chi connectivity index (χ3n) is 1.96. The summed E-state index contributed by atoms with van der Waals surface area (Å²) in [5.41, 5.74) is 5.71. The van der Waals surface area contributed by atoms with Gasteiger partial charge in [-0.3, -0.25) is 4.79 Å². The Bertz CT molecular complexity index is 443. The van der Waals surface area contributed by atoms with Gasteiger partial charge < -0.3 is 15.8 Å². The van der Waals surface area contributed by atoms with Gasteiger partial charge in [-0.05, 0) is 12.8 Å². The Labute approximate surface area is 110 Å². The molecule has 0 saturated carbocycles. The molecule has 6 nitrogen and oxygen atoms in total. The molecule has 1 rings (SSSR count). The number of carbonyl (C=O) groups excluding carboxylic acids is 2. The van der Waals surface area contributed by atoms with Crippen molar-refractivity contribution < 1.29 is 14.3 Å². The standard InChI is InChI=1S/C11H17N3O3S/c1-4-17-10(16)8-9(12)18-11(14-8)13-7(15)5-6(2)3/h6H,4-5,12H2,1-3H3,(H,13,14,15). The minimum Gasteiger partial charge on any atom is -0.461 e. The van der Waals surface area contributed by atoms with E-state index in [1.54, 1.807) is 6.92 Å². The number of esters is 1. The first-order valence-electron chi connectivity index (χ1n) is 5.67. The Balaban J connectivity index is 2.72. The fraction of sp³-hybridized carbons (Fsp3) is 0.545. The highest BCUT2D eigenvalue weighted by Crippen LogP contribution is 2.26. The summed E-state index contributed by atoms with van der Waals surface area (Å²) in [4.78, 5) is 27.0. The van der Waals surface area contributed by atoms with Crippen LogP contribution < -0.4 is 11.1 Å². The number of anilines is 2. The fourth-order valence-electron chi connectivity index (χ4n) is 1.27. The normalized spacial score (nSPS) is 10.4. The van der Waals surface area contributed by atoms with E-state index in [4.69, 9.17) is 10.5 Å². The first-order chi connectivity index (χ1) is 8.43. The molecule has 1 amide bonds. The molecule has 0 aromatic carbocycles. The van der Waals surface area contributed by atoms with Gasteiger partial charge in [-0.1, -0.05) is 25.2 Å². The average Bonchev–Trinajstić information content (AvgIpc) is 2.58. The molecule has 0 aliphatic carbocycles. The number of ether oxygens (including phenoxy) is 1. The Morgan fingerprint density at radius 2 is 2.17 bits per heavy atom. The number of amides is 1. The Morgan fingerprint density at radius 3 is 2.72 bits per heavy atom. The van der Waals surface area contributed by atoms with Gasteiger partial charge in [-0.15, -0.1) is 0 Å². The van der Waals surface area contributed by atoms with Crippen LogP contribution in [0.4, 0.5) is 10.1 Å². The molecule has 18 heavy (non-hydrogen) atoms. The second-order valence-corrected chi connectivity index (χ2v) is 5.13. The molecule has 0 radical (unpaired) electrons. The highest BCUT2D eigenvalue weighted by atomic mass is 32.1. The Kier molecular flexibility index (Phi) is 5.08. The van der Waals surface area contributed by atoms with Crippen molar-refractivity contribution in [3.63, 3.8) is 0 Å².